The van der Waals surface area contributed by atoms with Crippen molar-refractivity contribution in [2.75, 3.05) is 33.5 Å². The molecule has 0 bridgehead atoms. The summed E-state index contributed by atoms with van der Waals surface area (Å²) in [4.78, 5) is 24.3. The first-order valence-corrected chi connectivity index (χ1v) is 6.64. The lowest BCUT2D eigenvalue weighted by molar-refractivity contribution is -0.173. The lowest BCUT2D eigenvalue weighted by atomic mass is 9.77. The van der Waals surface area contributed by atoms with Gasteiger partial charge in [0.2, 0.25) is 0 Å². The SMILES string of the molecule is COC(=O)C(CC1OCCO1)(CC1OCCO1)C(C)=O. The van der Waals surface area contributed by atoms with Gasteiger partial charge in [-0.3, -0.25) is 9.59 Å². The fraction of sp³-hybridized carbons (Fsp3) is 0.846. The van der Waals surface area contributed by atoms with E-state index in [0.29, 0.717) is 26.4 Å². The summed E-state index contributed by atoms with van der Waals surface area (Å²) < 4.78 is 26.2. The zero-order chi connectivity index (χ0) is 14.6. The molecule has 0 amide bonds. The Kier molecular flexibility index (Phi) is 5.09. The summed E-state index contributed by atoms with van der Waals surface area (Å²) >= 11 is 0. The minimum absolute atomic E-state index is 0.109. The highest BCUT2D eigenvalue weighted by Gasteiger charge is 2.49. The third-order valence-electron chi connectivity index (χ3n) is 3.66. The molecule has 2 aliphatic rings. The standard InChI is InChI=1S/C13H20O7/c1-9(14)13(12(15)16-2,7-10-17-3-4-18-10)8-11-19-5-6-20-11/h10-11H,3-8H2,1-2H3. The van der Waals surface area contributed by atoms with Gasteiger partial charge in [0.15, 0.2) is 12.6 Å². The van der Waals surface area contributed by atoms with Crippen LogP contribution in [0.5, 0.6) is 0 Å². The van der Waals surface area contributed by atoms with Gasteiger partial charge in [0.1, 0.15) is 11.2 Å². The van der Waals surface area contributed by atoms with Crippen molar-refractivity contribution in [3.63, 3.8) is 0 Å². The average molecular weight is 288 g/mol. The van der Waals surface area contributed by atoms with Crippen molar-refractivity contribution in [2.45, 2.75) is 32.3 Å². The zero-order valence-corrected chi connectivity index (χ0v) is 11.8. The van der Waals surface area contributed by atoms with Crippen molar-refractivity contribution in [3.8, 4) is 0 Å². The molecule has 0 saturated carbocycles. The van der Waals surface area contributed by atoms with Crippen LogP contribution in [0.2, 0.25) is 0 Å². The Morgan fingerprint density at radius 2 is 1.40 bits per heavy atom. The van der Waals surface area contributed by atoms with Gasteiger partial charge < -0.3 is 23.7 Å². The summed E-state index contributed by atoms with van der Waals surface area (Å²) in [5.41, 5.74) is -1.36. The largest absolute Gasteiger partial charge is 0.468 e. The van der Waals surface area contributed by atoms with Gasteiger partial charge in [-0.25, -0.2) is 0 Å². The van der Waals surface area contributed by atoms with E-state index in [1.807, 2.05) is 0 Å². The van der Waals surface area contributed by atoms with Gasteiger partial charge in [0.05, 0.1) is 33.5 Å². The Morgan fingerprint density at radius 3 is 1.70 bits per heavy atom. The minimum atomic E-state index is -1.36. The highest BCUT2D eigenvalue weighted by Crippen LogP contribution is 2.36. The molecule has 0 spiro atoms. The first-order valence-electron chi connectivity index (χ1n) is 6.64. The van der Waals surface area contributed by atoms with Gasteiger partial charge >= 0.3 is 5.97 Å². The van der Waals surface area contributed by atoms with Crippen LogP contribution in [0.4, 0.5) is 0 Å². The van der Waals surface area contributed by atoms with Crippen molar-refractivity contribution >= 4 is 11.8 Å². The van der Waals surface area contributed by atoms with Gasteiger partial charge in [-0.15, -0.1) is 0 Å². The van der Waals surface area contributed by atoms with Crippen molar-refractivity contribution in [1.82, 2.24) is 0 Å². The Bertz CT molecular complexity index is 338. The van der Waals surface area contributed by atoms with E-state index in [1.165, 1.54) is 14.0 Å². The summed E-state index contributed by atoms with van der Waals surface area (Å²) in [5.74, 6) is -0.911. The fourth-order valence-electron chi connectivity index (χ4n) is 2.50. The molecule has 2 saturated heterocycles. The van der Waals surface area contributed by atoms with E-state index in [9.17, 15) is 9.59 Å². The van der Waals surface area contributed by atoms with Gasteiger partial charge in [0, 0.05) is 12.8 Å². The molecule has 0 atom stereocenters. The first kappa shape index (κ1) is 15.4. The van der Waals surface area contributed by atoms with Crippen molar-refractivity contribution in [1.29, 1.82) is 0 Å². The number of ether oxygens (including phenoxy) is 5. The molecule has 0 aliphatic carbocycles. The van der Waals surface area contributed by atoms with Gasteiger partial charge in [-0.05, 0) is 6.92 Å². The second kappa shape index (κ2) is 6.62. The number of esters is 1. The van der Waals surface area contributed by atoms with E-state index < -0.39 is 24.0 Å². The van der Waals surface area contributed by atoms with Gasteiger partial charge in [0.25, 0.3) is 0 Å². The number of rotatable bonds is 6. The summed E-state index contributed by atoms with van der Waals surface area (Å²) in [6.07, 6.45) is -0.949. The smallest absolute Gasteiger partial charge is 0.319 e. The summed E-state index contributed by atoms with van der Waals surface area (Å²) in [7, 11) is 1.26. The molecular weight excluding hydrogens is 268 g/mol. The molecule has 7 heteroatoms. The van der Waals surface area contributed by atoms with E-state index in [4.69, 9.17) is 23.7 Å². The van der Waals surface area contributed by atoms with E-state index in [0.717, 1.165) is 0 Å². The quantitative estimate of drug-likeness (QED) is 0.512. The fourth-order valence-corrected chi connectivity index (χ4v) is 2.50. The molecule has 0 aromatic carbocycles. The van der Waals surface area contributed by atoms with Crippen LogP contribution in [0.15, 0.2) is 0 Å². The van der Waals surface area contributed by atoms with E-state index in [2.05, 4.69) is 0 Å². The minimum Gasteiger partial charge on any atom is -0.468 e. The van der Waals surface area contributed by atoms with Crippen LogP contribution in [-0.4, -0.2) is 57.9 Å². The molecule has 2 fully saturated rings. The van der Waals surface area contributed by atoms with E-state index >= 15 is 0 Å². The number of carbonyl (C=O) groups excluding carboxylic acids is 2. The Morgan fingerprint density at radius 1 is 1.00 bits per heavy atom. The third-order valence-corrected chi connectivity index (χ3v) is 3.66. The lowest BCUT2D eigenvalue weighted by Crippen LogP contribution is -2.44. The second-order valence-electron chi connectivity index (χ2n) is 4.88. The molecule has 114 valence electrons. The Balaban J connectivity index is 2.17. The van der Waals surface area contributed by atoms with Crippen LogP contribution in [-0.2, 0) is 33.3 Å². The Hall–Kier alpha value is -1.02. The van der Waals surface area contributed by atoms with Crippen LogP contribution in [0.3, 0.4) is 0 Å². The molecule has 0 aromatic rings. The van der Waals surface area contributed by atoms with E-state index in [-0.39, 0.29) is 18.6 Å². The average Bonchev–Trinajstić information content (AvgIpc) is 3.09. The summed E-state index contributed by atoms with van der Waals surface area (Å²) in [5, 5.41) is 0. The molecular formula is C13H20O7. The summed E-state index contributed by atoms with van der Waals surface area (Å²) in [6, 6.07) is 0. The number of carbonyl (C=O) groups is 2. The van der Waals surface area contributed by atoms with Crippen LogP contribution in [0.1, 0.15) is 19.8 Å². The molecule has 0 unspecified atom stereocenters. The number of hydrogen-bond donors (Lipinski definition) is 0. The molecule has 2 heterocycles. The maximum Gasteiger partial charge on any atom is 0.319 e. The Labute approximate surface area is 117 Å². The molecule has 0 radical (unpaired) electrons. The third kappa shape index (κ3) is 3.17. The summed E-state index contributed by atoms with van der Waals surface area (Å²) in [6.45, 7) is 3.18. The zero-order valence-electron chi connectivity index (χ0n) is 11.8. The monoisotopic (exact) mass is 288 g/mol. The van der Waals surface area contributed by atoms with Gasteiger partial charge in [-0.1, -0.05) is 0 Å². The maximum absolute atomic E-state index is 12.2. The number of Topliss-reactive ketones (excluding diaryl/α,β-unsaturated/α-hetero) is 1. The maximum atomic E-state index is 12.2. The van der Waals surface area contributed by atoms with Crippen LogP contribution in [0, 0.1) is 5.41 Å². The predicted molar refractivity (Wildman–Crippen MR) is 65.7 cm³/mol. The molecule has 0 aromatic heterocycles. The predicted octanol–water partition coefficient (Wildman–Crippen LogP) is 0.261. The number of methoxy groups -OCH3 is 1. The molecule has 2 rings (SSSR count). The van der Waals surface area contributed by atoms with Crippen molar-refractivity contribution in [2.24, 2.45) is 5.41 Å². The second-order valence-corrected chi connectivity index (χ2v) is 4.88. The highest BCUT2D eigenvalue weighted by atomic mass is 16.7. The molecule has 0 N–H and O–H groups in total. The molecule has 2 aliphatic heterocycles. The van der Waals surface area contributed by atoms with Crippen LogP contribution < -0.4 is 0 Å². The highest BCUT2D eigenvalue weighted by molar-refractivity contribution is 6.02. The van der Waals surface area contributed by atoms with Gasteiger partial charge in [-0.2, -0.15) is 0 Å². The first-order chi connectivity index (χ1) is 9.58. The van der Waals surface area contributed by atoms with Crippen LogP contribution >= 0.6 is 0 Å². The van der Waals surface area contributed by atoms with E-state index in [1.54, 1.807) is 0 Å². The van der Waals surface area contributed by atoms with Crippen molar-refractivity contribution in [3.05, 3.63) is 0 Å². The molecule has 7 nitrogen and oxygen atoms in total. The molecule has 20 heavy (non-hydrogen) atoms. The van der Waals surface area contributed by atoms with Crippen LogP contribution in [0.25, 0.3) is 0 Å². The van der Waals surface area contributed by atoms with Crippen molar-refractivity contribution < 1.29 is 33.3 Å². The lowest BCUT2D eigenvalue weighted by Gasteiger charge is -2.31. The number of ketones is 1. The normalized spacial score (nSPS) is 21.3. The number of hydrogen-bond acceptors (Lipinski definition) is 7. The topological polar surface area (TPSA) is 80.3 Å².